The number of likely N-dealkylation sites (tertiary alicyclic amines) is 1. The minimum atomic E-state index is 0.610. The van der Waals surface area contributed by atoms with Gasteiger partial charge in [0.2, 0.25) is 0 Å². The minimum Gasteiger partial charge on any atom is -0.339 e. The van der Waals surface area contributed by atoms with Crippen LogP contribution in [0.25, 0.3) is 0 Å². The number of nitrogens with two attached hydrogens (primary N) is 1. The van der Waals surface area contributed by atoms with E-state index < -0.39 is 0 Å². The first kappa shape index (κ1) is 18.9. The lowest BCUT2D eigenvalue weighted by atomic mass is 9.85. The van der Waals surface area contributed by atoms with Gasteiger partial charge in [0.15, 0.2) is 0 Å². The molecule has 2 nitrogen and oxygen atoms in total. The van der Waals surface area contributed by atoms with Crippen LogP contribution < -0.4 is 10.2 Å². The Labute approximate surface area is 169 Å². The van der Waals surface area contributed by atoms with Gasteiger partial charge in [-0.1, -0.05) is 90.5 Å². The number of benzene rings is 3. The van der Waals surface area contributed by atoms with E-state index in [0.717, 1.165) is 13.1 Å². The highest BCUT2D eigenvalue weighted by Gasteiger charge is 2.35. The van der Waals surface area contributed by atoms with Crippen LogP contribution in [0.2, 0.25) is 0 Å². The van der Waals surface area contributed by atoms with Crippen LogP contribution in [0.1, 0.15) is 34.6 Å². The molecule has 0 aliphatic carbocycles. The second-order valence-corrected chi connectivity index (χ2v) is 8.27. The van der Waals surface area contributed by atoms with Crippen molar-refractivity contribution in [1.82, 2.24) is 0 Å². The Balaban J connectivity index is 1.46. The van der Waals surface area contributed by atoms with Gasteiger partial charge in [0.05, 0.1) is 19.0 Å². The summed E-state index contributed by atoms with van der Waals surface area (Å²) in [4.78, 5) is 1.71. The summed E-state index contributed by atoms with van der Waals surface area (Å²) in [5.74, 6) is 0.610. The average Bonchev–Trinajstić information content (AvgIpc) is 2.74. The molecule has 0 bridgehead atoms. The van der Waals surface area contributed by atoms with E-state index in [1.54, 1.807) is 4.90 Å². The Hall–Kier alpha value is -2.42. The number of hydrogen-bond acceptors (Lipinski definition) is 0. The highest BCUT2D eigenvalue weighted by Crippen LogP contribution is 2.20. The van der Waals surface area contributed by atoms with Crippen molar-refractivity contribution in [2.75, 3.05) is 13.1 Å². The van der Waals surface area contributed by atoms with E-state index in [9.17, 15) is 0 Å². The molecular formula is C26H32N2+2. The lowest BCUT2D eigenvalue weighted by Crippen LogP contribution is -3.14. The van der Waals surface area contributed by atoms with E-state index in [1.165, 1.54) is 41.8 Å². The van der Waals surface area contributed by atoms with Crippen molar-refractivity contribution in [2.45, 2.75) is 38.4 Å². The first-order chi connectivity index (χ1) is 13.8. The summed E-state index contributed by atoms with van der Waals surface area (Å²) >= 11 is 0. The number of aryl methyl sites for hydroxylation is 1. The van der Waals surface area contributed by atoms with Gasteiger partial charge in [-0.3, -0.25) is 0 Å². The van der Waals surface area contributed by atoms with Crippen LogP contribution in [0.5, 0.6) is 0 Å². The molecule has 1 heterocycles. The summed E-state index contributed by atoms with van der Waals surface area (Å²) in [7, 11) is 0. The van der Waals surface area contributed by atoms with Gasteiger partial charge in [0.1, 0.15) is 19.1 Å². The lowest BCUT2D eigenvalue weighted by molar-refractivity contribution is -0.928. The molecule has 1 fully saturated rings. The van der Waals surface area contributed by atoms with E-state index in [-0.39, 0.29) is 0 Å². The number of hydrogen-bond donors (Lipinski definition) is 2. The second kappa shape index (κ2) is 9.18. The fourth-order valence-corrected chi connectivity index (χ4v) is 4.66. The molecule has 1 aliphatic rings. The third kappa shape index (κ3) is 4.89. The average molecular weight is 373 g/mol. The lowest BCUT2D eigenvalue weighted by Gasteiger charge is -2.35. The van der Waals surface area contributed by atoms with Gasteiger partial charge in [-0.2, -0.15) is 0 Å². The molecule has 0 aromatic heterocycles. The van der Waals surface area contributed by atoms with E-state index in [2.05, 4.69) is 97.2 Å². The molecule has 3 aromatic carbocycles. The number of quaternary nitrogens is 2. The summed E-state index contributed by atoms with van der Waals surface area (Å²) in [5.41, 5.74) is 5.74. The number of rotatable bonds is 6. The molecule has 0 radical (unpaired) electrons. The minimum absolute atomic E-state index is 0.610. The molecule has 0 saturated carbocycles. The van der Waals surface area contributed by atoms with Gasteiger partial charge in [-0.15, -0.1) is 0 Å². The van der Waals surface area contributed by atoms with Crippen LogP contribution in [0.4, 0.5) is 0 Å². The standard InChI is InChI=1S/C26H30N2/c1-21-9-8-12-23(17-21)18-27-26-15-16-28(19-22-10-4-2-5-11-22)20-25(26)24-13-6-3-7-14-24/h2-14,17,25-27H,15-16,18-20H2,1H3/p+2/t25-,26-/m1/s1. The maximum atomic E-state index is 2.59. The Morgan fingerprint density at radius 2 is 1.57 bits per heavy atom. The molecule has 0 spiro atoms. The number of nitrogens with one attached hydrogen (secondary N) is 1. The highest BCUT2D eigenvalue weighted by molar-refractivity contribution is 5.22. The third-order valence-corrected chi connectivity index (χ3v) is 6.12. The van der Waals surface area contributed by atoms with Gasteiger partial charge in [0, 0.05) is 17.5 Å². The molecular weight excluding hydrogens is 340 g/mol. The van der Waals surface area contributed by atoms with Gasteiger partial charge < -0.3 is 10.2 Å². The molecule has 3 N–H and O–H groups in total. The van der Waals surface area contributed by atoms with Gasteiger partial charge >= 0.3 is 0 Å². The quantitative estimate of drug-likeness (QED) is 0.664. The molecule has 3 atom stereocenters. The van der Waals surface area contributed by atoms with Crippen LogP contribution in [0.3, 0.4) is 0 Å². The summed E-state index contributed by atoms with van der Waals surface area (Å²) in [6.07, 6.45) is 1.27. The third-order valence-electron chi connectivity index (χ3n) is 6.12. The predicted octanol–water partition coefficient (Wildman–Crippen LogP) is 2.70. The maximum Gasteiger partial charge on any atom is 0.104 e. The van der Waals surface area contributed by atoms with Crippen molar-refractivity contribution in [2.24, 2.45) is 0 Å². The van der Waals surface area contributed by atoms with Crippen molar-refractivity contribution in [3.05, 3.63) is 107 Å². The van der Waals surface area contributed by atoms with Crippen LogP contribution in [-0.4, -0.2) is 19.1 Å². The summed E-state index contributed by atoms with van der Waals surface area (Å²) < 4.78 is 0. The molecule has 1 aliphatic heterocycles. The zero-order valence-corrected chi connectivity index (χ0v) is 16.9. The Bertz CT molecular complexity index is 860. The fraction of sp³-hybridized carbons (Fsp3) is 0.308. The van der Waals surface area contributed by atoms with E-state index in [1.807, 2.05) is 0 Å². The summed E-state index contributed by atoms with van der Waals surface area (Å²) in [6, 6.07) is 31.7. The van der Waals surface area contributed by atoms with Crippen molar-refractivity contribution in [3.63, 3.8) is 0 Å². The van der Waals surface area contributed by atoms with Crippen molar-refractivity contribution in [1.29, 1.82) is 0 Å². The second-order valence-electron chi connectivity index (χ2n) is 8.27. The Morgan fingerprint density at radius 3 is 2.32 bits per heavy atom. The molecule has 4 rings (SSSR count). The van der Waals surface area contributed by atoms with Gasteiger partial charge in [0.25, 0.3) is 0 Å². The SMILES string of the molecule is Cc1cccc(C[NH2+][C@@H]2CC[NH+](Cc3ccccc3)C[C@@H]2c2ccccc2)c1. The smallest absolute Gasteiger partial charge is 0.104 e. The molecule has 1 saturated heterocycles. The molecule has 2 heteroatoms. The van der Waals surface area contributed by atoms with E-state index in [0.29, 0.717) is 12.0 Å². The van der Waals surface area contributed by atoms with Crippen molar-refractivity contribution < 1.29 is 10.2 Å². The van der Waals surface area contributed by atoms with Crippen molar-refractivity contribution in [3.8, 4) is 0 Å². The fourth-order valence-electron chi connectivity index (χ4n) is 4.66. The largest absolute Gasteiger partial charge is 0.339 e. The zero-order valence-electron chi connectivity index (χ0n) is 16.9. The summed E-state index contributed by atoms with van der Waals surface area (Å²) in [5, 5.41) is 2.59. The monoisotopic (exact) mass is 372 g/mol. The topological polar surface area (TPSA) is 21.1 Å². The molecule has 3 aromatic rings. The van der Waals surface area contributed by atoms with Crippen molar-refractivity contribution >= 4 is 0 Å². The first-order valence-corrected chi connectivity index (χ1v) is 10.6. The van der Waals surface area contributed by atoms with E-state index >= 15 is 0 Å². The Kier molecular flexibility index (Phi) is 6.20. The number of piperidine rings is 1. The first-order valence-electron chi connectivity index (χ1n) is 10.6. The maximum absolute atomic E-state index is 2.59. The van der Waals surface area contributed by atoms with Crippen LogP contribution in [0, 0.1) is 6.92 Å². The predicted molar refractivity (Wildman–Crippen MR) is 115 cm³/mol. The molecule has 0 amide bonds. The van der Waals surface area contributed by atoms with E-state index in [4.69, 9.17) is 0 Å². The molecule has 28 heavy (non-hydrogen) atoms. The zero-order chi connectivity index (χ0) is 19.2. The van der Waals surface area contributed by atoms with Crippen LogP contribution in [-0.2, 0) is 13.1 Å². The van der Waals surface area contributed by atoms with Crippen LogP contribution in [0.15, 0.2) is 84.9 Å². The summed E-state index contributed by atoms with van der Waals surface area (Å²) in [6.45, 7) is 6.86. The normalized spacial score (nSPS) is 22.1. The van der Waals surface area contributed by atoms with Crippen LogP contribution >= 0.6 is 0 Å². The molecule has 1 unspecified atom stereocenters. The van der Waals surface area contributed by atoms with Gasteiger partial charge in [-0.25, -0.2) is 0 Å². The molecule has 144 valence electrons. The Morgan fingerprint density at radius 1 is 0.857 bits per heavy atom. The highest BCUT2D eigenvalue weighted by atomic mass is 15.1. The van der Waals surface area contributed by atoms with Gasteiger partial charge in [-0.05, 0) is 12.5 Å².